The Balaban J connectivity index is 2.20. The molecule has 0 saturated heterocycles. The quantitative estimate of drug-likeness (QED) is 0.505. The number of phenols is 1. The normalized spacial score (nSPS) is 12.0. The summed E-state index contributed by atoms with van der Waals surface area (Å²) in [7, 11) is 0. The van der Waals surface area contributed by atoms with Crippen LogP contribution in [0, 0.1) is 10.1 Å². The van der Waals surface area contributed by atoms with Crippen molar-refractivity contribution in [2.45, 2.75) is 25.8 Å². The fourth-order valence-electron chi connectivity index (χ4n) is 2.82. The van der Waals surface area contributed by atoms with Crippen LogP contribution in [0.25, 0.3) is 10.9 Å². The molecule has 26 heavy (non-hydrogen) atoms. The van der Waals surface area contributed by atoms with Crippen molar-refractivity contribution in [3.63, 3.8) is 0 Å². The maximum Gasteiger partial charge on any atom is 0.279 e. The van der Waals surface area contributed by atoms with Crippen LogP contribution >= 0.6 is 11.3 Å². The average Bonchev–Trinajstić information content (AvgIpc) is 3.15. The highest BCUT2D eigenvalue weighted by Crippen LogP contribution is 2.40. The summed E-state index contributed by atoms with van der Waals surface area (Å²) in [5, 5.41) is 27.2. The fraction of sp³-hybridized carbons (Fsp3) is 0.222. The van der Waals surface area contributed by atoms with E-state index in [9.17, 15) is 20.0 Å². The van der Waals surface area contributed by atoms with Gasteiger partial charge in [-0.05, 0) is 30.0 Å². The second-order valence-electron chi connectivity index (χ2n) is 5.76. The van der Waals surface area contributed by atoms with Gasteiger partial charge in [0.15, 0.2) is 0 Å². The number of pyridine rings is 1. The third kappa shape index (κ3) is 3.36. The van der Waals surface area contributed by atoms with Crippen LogP contribution in [-0.4, -0.2) is 20.9 Å². The van der Waals surface area contributed by atoms with E-state index < -0.39 is 11.0 Å². The Morgan fingerprint density at radius 2 is 2.23 bits per heavy atom. The van der Waals surface area contributed by atoms with Crippen molar-refractivity contribution in [2.75, 3.05) is 0 Å². The van der Waals surface area contributed by atoms with Crippen LogP contribution in [-0.2, 0) is 4.79 Å². The van der Waals surface area contributed by atoms with Crippen LogP contribution in [0.15, 0.2) is 41.9 Å². The van der Waals surface area contributed by atoms with Crippen molar-refractivity contribution < 1.29 is 14.8 Å². The molecule has 0 aliphatic rings. The number of aromatic hydroxyl groups is 1. The minimum absolute atomic E-state index is 0.142. The number of carbonyl (C=O) groups excluding carboxylic acids is 1. The van der Waals surface area contributed by atoms with Crippen molar-refractivity contribution in [1.82, 2.24) is 10.3 Å². The number of nitro benzene ring substituents is 1. The number of nitrogens with zero attached hydrogens (tertiary/aromatic N) is 2. The van der Waals surface area contributed by atoms with E-state index in [1.54, 1.807) is 12.1 Å². The van der Waals surface area contributed by atoms with Gasteiger partial charge in [0.25, 0.3) is 5.69 Å². The van der Waals surface area contributed by atoms with Gasteiger partial charge in [-0.25, -0.2) is 0 Å². The van der Waals surface area contributed by atoms with Gasteiger partial charge in [-0.2, -0.15) is 0 Å². The molecule has 0 unspecified atom stereocenters. The monoisotopic (exact) mass is 371 g/mol. The first-order valence-corrected chi connectivity index (χ1v) is 8.98. The number of amides is 1. The zero-order chi connectivity index (χ0) is 18.7. The van der Waals surface area contributed by atoms with Gasteiger partial charge in [0.2, 0.25) is 5.91 Å². The molecule has 3 rings (SSSR count). The first-order valence-electron chi connectivity index (χ1n) is 8.10. The number of nitro groups is 1. The zero-order valence-electron chi connectivity index (χ0n) is 14.0. The van der Waals surface area contributed by atoms with Crippen LogP contribution in [0.3, 0.4) is 0 Å². The zero-order valence-corrected chi connectivity index (χ0v) is 14.8. The minimum atomic E-state index is -0.681. The number of aromatic nitrogens is 1. The molecule has 0 saturated carbocycles. The largest absolute Gasteiger partial charge is 0.505 e. The van der Waals surface area contributed by atoms with Gasteiger partial charge >= 0.3 is 0 Å². The number of nitrogens with one attached hydrogen (secondary N) is 1. The lowest BCUT2D eigenvalue weighted by molar-refractivity contribution is -0.383. The first-order chi connectivity index (χ1) is 12.5. The Hall–Kier alpha value is -3.00. The maximum atomic E-state index is 12.2. The Kier molecular flexibility index (Phi) is 5.13. The number of fused-ring (bicyclic) bond motifs is 1. The van der Waals surface area contributed by atoms with E-state index >= 15 is 0 Å². The van der Waals surface area contributed by atoms with E-state index in [4.69, 9.17) is 0 Å². The predicted molar refractivity (Wildman–Crippen MR) is 99.3 cm³/mol. The van der Waals surface area contributed by atoms with E-state index in [2.05, 4.69) is 10.3 Å². The number of non-ortho nitro benzene ring substituents is 1. The topological polar surface area (TPSA) is 105 Å². The van der Waals surface area contributed by atoms with Crippen LogP contribution < -0.4 is 5.32 Å². The molecule has 8 heteroatoms. The summed E-state index contributed by atoms with van der Waals surface area (Å²) in [6, 6.07) is 7.39. The van der Waals surface area contributed by atoms with Crippen molar-refractivity contribution in [3.05, 3.63) is 62.5 Å². The number of hydrogen-bond acceptors (Lipinski definition) is 6. The van der Waals surface area contributed by atoms with E-state index in [1.807, 2.05) is 24.4 Å². The summed E-state index contributed by atoms with van der Waals surface area (Å²) >= 11 is 1.40. The van der Waals surface area contributed by atoms with Crippen molar-refractivity contribution >= 4 is 33.8 Å². The number of hydrogen-bond donors (Lipinski definition) is 2. The Morgan fingerprint density at radius 3 is 2.88 bits per heavy atom. The van der Waals surface area contributed by atoms with Gasteiger partial charge < -0.3 is 10.4 Å². The minimum Gasteiger partial charge on any atom is -0.505 e. The van der Waals surface area contributed by atoms with Crippen molar-refractivity contribution in [1.29, 1.82) is 0 Å². The SMILES string of the molecule is CCCC(=O)N[C@H](c1cccs1)c1cc([N+](=O)[O-])c2cccnc2c1O. The third-order valence-corrected chi connectivity index (χ3v) is 4.93. The van der Waals surface area contributed by atoms with Gasteiger partial charge in [-0.15, -0.1) is 11.3 Å². The van der Waals surface area contributed by atoms with Gasteiger partial charge in [-0.3, -0.25) is 19.9 Å². The van der Waals surface area contributed by atoms with Crippen molar-refractivity contribution in [2.24, 2.45) is 0 Å². The summed E-state index contributed by atoms with van der Waals surface area (Å²) in [5.41, 5.74) is 0.241. The van der Waals surface area contributed by atoms with E-state index in [-0.39, 0.29) is 33.8 Å². The van der Waals surface area contributed by atoms with Gasteiger partial charge in [-0.1, -0.05) is 13.0 Å². The van der Waals surface area contributed by atoms with Gasteiger partial charge in [0.1, 0.15) is 11.3 Å². The summed E-state index contributed by atoms with van der Waals surface area (Å²) < 4.78 is 0. The molecule has 0 spiro atoms. The summed E-state index contributed by atoms with van der Waals surface area (Å²) in [5.74, 6) is -0.351. The van der Waals surface area contributed by atoms with Crippen LogP contribution in [0.4, 0.5) is 5.69 Å². The average molecular weight is 371 g/mol. The molecule has 2 heterocycles. The molecule has 0 bridgehead atoms. The number of carbonyl (C=O) groups is 1. The fourth-order valence-corrected chi connectivity index (χ4v) is 3.61. The van der Waals surface area contributed by atoms with E-state index in [0.29, 0.717) is 12.8 Å². The molecule has 1 aromatic carbocycles. The van der Waals surface area contributed by atoms with Crippen LogP contribution in [0.5, 0.6) is 5.75 Å². The molecule has 0 aliphatic heterocycles. The lowest BCUT2D eigenvalue weighted by Crippen LogP contribution is -2.28. The highest BCUT2D eigenvalue weighted by molar-refractivity contribution is 7.10. The number of benzene rings is 1. The number of thiophene rings is 1. The van der Waals surface area contributed by atoms with Gasteiger partial charge in [0, 0.05) is 29.1 Å². The van der Waals surface area contributed by atoms with Crippen LogP contribution in [0.1, 0.15) is 36.2 Å². The molecule has 2 aromatic heterocycles. The van der Waals surface area contributed by atoms with Gasteiger partial charge in [0.05, 0.1) is 16.4 Å². The second-order valence-corrected chi connectivity index (χ2v) is 6.74. The van der Waals surface area contributed by atoms with E-state index in [0.717, 1.165) is 4.88 Å². The molecular formula is C18H17N3O4S. The number of rotatable bonds is 6. The smallest absolute Gasteiger partial charge is 0.279 e. The van der Waals surface area contributed by atoms with E-state index in [1.165, 1.54) is 23.6 Å². The van der Waals surface area contributed by atoms with Crippen LogP contribution in [0.2, 0.25) is 0 Å². The summed E-state index contributed by atoms with van der Waals surface area (Å²) in [4.78, 5) is 28.1. The standard InChI is InChI=1S/C18H17N3O4S/c1-2-5-15(22)20-16(14-7-4-9-26-14)12-10-13(21(24)25)11-6-3-8-19-17(11)18(12)23/h3-4,6-10,16,23H,2,5H2,1H3,(H,20,22)/t16-/m0/s1. The predicted octanol–water partition coefficient (Wildman–Crippen LogP) is 3.92. The molecular weight excluding hydrogens is 354 g/mol. The molecule has 1 atom stereocenters. The summed E-state index contributed by atoms with van der Waals surface area (Å²) in [6.07, 6.45) is 2.47. The molecule has 1 amide bonds. The molecule has 0 aliphatic carbocycles. The molecule has 0 fully saturated rings. The first kappa shape index (κ1) is 17.8. The molecule has 7 nitrogen and oxygen atoms in total. The van der Waals surface area contributed by atoms with Crippen molar-refractivity contribution in [3.8, 4) is 5.75 Å². The highest BCUT2D eigenvalue weighted by atomic mass is 32.1. The molecule has 0 radical (unpaired) electrons. The third-order valence-electron chi connectivity index (χ3n) is 3.99. The Bertz CT molecular complexity index is 956. The highest BCUT2D eigenvalue weighted by Gasteiger charge is 2.27. The molecule has 3 aromatic rings. The maximum absolute atomic E-state index is 12.2. The second kappa shape index (κ2) is 7.49. The molecule has 2 N–H and O–H groups in total. The summed E-state index contributed by atoms with van der Waals surface area (Å²) in [6.45, 7) is 1.89. The Labute approximate surface area is 153 Å². The lowest BCUT2D eigenvalue weighted by atomic mass is 9.99. The Morgan fingerprint density at radius 1 is 1.42 bits per heavy atom. The lowest BCUT2D eigenvalue weighted by Gasteiger charge is -2.20. The number of phenolic OH excluding ortho intramolecular Hbond substituents is 1. The molecule has 134 valence electrons.